The molecule has 42 heavy (non-hydrogen) atoms. The number of fused-ring (bicyclic) bond motifs is 3. The van der Waals surface area contributed by atoms with Crippen molar-refractivity contribution >= 4 is 35.2 Å². The molecule has 0 bridgehead atoms. The highest BCUT2D eigenvalue weighted by Gasteiger charge is 2.68. The normalized spacial score (nSPS) is 29.0. The third kappa shape index (κ3) is 4.87. The number of ketones is 2. The van der Waals surface area contributed by atoms with Crippen LogP contribution in [0.15, 0.2) is 40.9 Å². The number of primary amides is 1. The van der Waals surface area contributed by atoms with Gasteiger partial charge in [0.2, 0.25) is 5.78 Å². The zero-order valence-corrected chi connectivity index (χ0v) is 25.0. The summed E-state index contributed by atoms with van der Waals surface area (Å²) < 4.78 is 5.93. The van der Waals surface area contributed by atoms with Crippen LogP contribution in [0, 0.1) is 11.8 Å². The lowest BCUT2D eigenvalue weighted by Crippen LogP contribution is -2.69. The molecular formula is C29H37N3O9S. The van der Waals surface area contributed by atoms with E-state index in [4.69, 9.17) is 10.5 Å². The Morgan fingerprint density at radius 3 is 2.36 bits per heavy atom. The summed E-state index contributed by atoms with van der Waals surface area (Å²) in [6.45, 7) is 2.29. The van der Waals surface area contributed by atoms with Gasteiger partial charge in [0.15, 0.2) is 11.4 Å². The van der Waals surface area contributed by atoms with Crippen LogP contribution in [-0.4, -0.2) is 118 Å². The van der Waals surface area contributed by atoms with Gasteiger partial charge in [-0.15, -0.1) is 0 Å². The summed E-state index contributed by atoms with van der Waals surface area (Å²) in [6, 6.07) is 3.26. The predicted molar refractivity (Wildman–Crippen MR) is 154 cm³/mol. The number of thioether (sulfide) groups is 1. The van der Waals surface area contributed by atoms with E-state index in [2.05, 4.69) is 0 Å². The summed E-state index contributed by atoms with van der Waals surface area (Å²) >= 11 is 1.54. The average molecular weight is 604 g/mol. The molecule has 0 radical (unpaired) electrons. The van der Waals surface area contributed by atoms with E-state index >= 15 is 0 Å². The number of Topliss-reactive ketones (excluding diaryl/α,β-unsaturated/α-hetero) is 2. The van der Waals surface area contributed by atoms with Gasteiger partial charge in [0.1, 0.15) is 28.9 Å². The fourth-order valence-corrected chi connectivity index (χ4v) is 7.71. The number of nitrogens with two attached hydrogens (primary N) is 1. The second kappa shape index (κ2) is 11.7. The number of esters is 1. The Bertz CT molecular complexity index is 1390. The highest BCUT2D eigenvalue weighted by Crippen LogP contribution is 2.57. The van der Waals surface area contributed by atoms with E-state index < -0.39 is 81.6 Å². The number of amides is 1. The van der Waals surface area contributed by atoms with Gasteiger partial charge < -0.3 is 35.8 Å². The summed E-state index contributed by atoms with van der Waals surface area (Å²) in [5.74, 6) is -8.60. The number of phenolic OH excluding ortho intramolecular Hbond substituents is 1. The van der Waals surface area contributed by atoms with Crippen LogP contribution in [0.3, 0.4) is 0 Å². The minimum absolute atomic E-state index is 0.0814. The summed E-state index contributed by atoms with van der Waals surface area (Å²) in [4.78, 5) is 56.5. The first-order valence-electron chi connectivity index (χ1n) is 13.6. The molecule has 0 unspecified atom stereocenters. The monoisotopic (exact) mass is 603 g/mol. The molecule has 6 atom stereocenters. The summed E-state index contributed by atoms with van der Waals surface area (Å²) in [7, 11) is 6.88. The van der Waals surface area contributed by atoms with Crippen molar-refractivity contribution in [1.29, 1.82) is 0 Å². The number of nitrogens with zero attached hydrogens (tertiary/aromatic N) is 2. The van der Waals surface area contributed by atoms with Crippen molar-refractivity contribution in [1.82, 2.24) is 9.80 Å². The molecule has 0 spiro atoms. The molecule has 0 saturated heterocycles. The average Bonchev–Trinajstić information content (AvgIpc) is 2.90. The van der Waals surface area contributed by atoms with Crippen LogP contribution in [0.2, 0.25) is 0 Å². The maximum absolute atomic E-state index is 14.0. The molecule has 0 saturated carbocycles. The molecule has 1 aromatic rings. The van der Waals surface area contributed by atoms with Crippen LogP contribution < -0.4 is 5.73 Å². The van der Waals surface area contributed by atoms with Crippen molar-refractivity contribution < 1.29 is 44.3 Å². The van der Waals surface area contributed by atoms with Gasteiger partial charge in [-0.2, -0.15) is 11.8 Å². The smallest absolute Gasteiger partial charge is 0.305 e. The van der Waals surface area contributed by atoms with Gasteiger partial charge in [-0.3, -0.25) is 24.1 Å². The number of aromatic hydroxyl groups is 1. The maximum Gasteiger partial charge on any atom is 0.305 e. The third-order valence-corrected chi connectivity index (χ3v) is 9.37. The van der Waals surface area contributed by atoms with Gasteiger partial charge in [0.25, 0.3) is 5.91 Å². The third-order valence-electron chi connectivity index (χ3n) is 8.31. The molecule has 1 amide bonds. The Morgan fingerprint density at radius 2 is 1.79 bits per heavy atom. The van der Waals surface area contributed by atoms with E-state index in [0.717, 1.165) is 6.54 Å². The largest absolute Gasteiger partial charge is 0.510 e. The first-order valence-corrected chi connectivity index (χ1v) is 14.7. The van der Waals surface area contributed by atoms with Crippen molar-refractivity contribution in [2.45, 2.75) is 37.0 Å². The van der Waals surface area contributed by atoms with E-state index in [1.54, 1.807) is 30.8 Å². The van der Waals surface area contributed by atoms with Gasteiger partial charge in [-0.1, -0.05) is 19.1 Å². The number of hydrogen-bond acceptors (Lipinski definition) is 12. The summed E-state index contributed by atoms with van der Waals surface area (Å²) in [6.07, 6.45) is -1.50. The highest BCUT2D eigenvalue weighted by molar-refractivity contribution is 7.99. The Kier molecular flexibility index (Phi) is 8.79. The number of benzene rings is 1. The Balaban J connectivity index is 2.05. The lowest BCUT2D eigenvalue weighted by Gasteiger charge is -2.54. The standard InChI is InChI=1S/C29H37N3O9S/c1-6-16(34)41-25-18-14(12-42-11-10-31(2)3)13-8-7-9-15(33)17(13)23(35)19(18)26(37)29(40)21(25)22(32(4)5)24(36)20(27(29)38)28(30)39/h7-9,14,18,21-22,25,33,36-37,40H,6,10-12H2,1-5H3,(H2,30,39)/t14-,18-,21+,22-,25-,29+/m1/s1. The van der Waals surface area contributed by atoms with Gasteiger partial charge in [0.05, 0.1) is 17.5 Å². The van der Waals surface area contributed by atoms with Crippen molar-refractivity contribution in [3.8, 4) is 5.75 Å². The molecule has 13 heteroatoms. The molecule has 3 aliphatic rings. The quantitative estimate of drug-likeness (QED) is 0.152. The summed E-state index contributed by atoms with van der Waals surface area (Å²) in [5.41, 5.74) is 1.50. The number of rotatable bonds is 9. The van der Waals surface area contributed by atoms with E-state index in [-0.39, 0.29) is 17.7 Å². The predicted octanol–water partition coefficient (Wildman–Crippen LogP) is 0.888. The van der Waals surface area contributed by atoms with E-state index in [0.29, 0.717) is 17.1 Å². The Labute approximate surface area is 247 Å². The molecule has 0 fully saturated rings. The molecule has 0 aromatic heterocycles. The molecule has 0 aliphatic heterocycles. The zero-order chi connectivity index (χ0) is 31.3. The lowest BCUT2D eigenvalue weighted by atomic mass is 9.55. The van der Waals surface area contributed by atoms with Crippen molar-refractivity contribution in [2.24, 2.45) is 17.6 Å². The number of phenols is 1. The molecule has 12 nitrogen and oxygen atoms in total. The van der Waals surface area contributed by atoms with Gasteiger partial charge >= 0.3 is 5.97 Å². The topological polar surface area (TPSA) is 191 Å². The molecule has 6 N–H and O–H groups in total. The number of carbonyl (C=O) groups excluding carboxylic acids is 4. The Hall–Kier alpha value is -3.39. The van der Waals surface area contributed by atoms with Gasteiger partial charge in [-0.25, -0.2) is 0 Å². The van der Waals surface area contributed by atoms with Crippen molar-refractivity contribution in [3.63, 3.8) is 0 Å². The molecular weight excluding hydrogens is 566 g/mol. The molecule has 3 aliphatic carbocycles. The van der Waals surface area contributed by atoms with Crippen LogP contribution >= 0.6 is 11.8 Å². The number of aliphatic hydroxyl groups excluding tert-OH is 2. The lowest BCUT2D eigenvalue weighted by molar-refractivity contribution is -0.180. The van der Waals surface area contributed by atoms with Crippen LogP contribution in [0.25, 0.3) is 0 Å². The molecule has 0 heterocycles. The fourth-order valence-electron chi connectivity index (χ4n) is 6.41. The number of aliphatic hydroxyl groups is 3. The van der Waals surface area contributed by atoms with Crippen molar-refractivity contribution in [3.05, 3.63) is 52.0 Å². The molecule has 4 rings (SSSR count). The van der Waals surface area contributed by atoms with Crippen LogP contribution in [0.4, 0.5) is 0 Å². The molecule has 1 aromatic carbocycles. The van der Waals surface area contributed by atoms with Gasteiger partial charge in [-0.05, 0) is 39.8 Å². The van der Waals surface area contributed by atoms with Crippen LogP contribution in [-0.2, 0) is 19.1 Å². The number of hydrogen-bond donors (Lipinski definition) is 5. The minimum Gasteiger partial charge on any atom is -0.510 e. The van der Waals surface area contributed by atoms with E-state index in [9.17, 15) is 39.6 Å². The number of carbonyl (C=O) groups is 4. The summed E-state index contributed by atoms with van der Waals surface area (Å²) in [5, 5.41) is 45.8. The maximum atomic E-state index is 14.0. The zero-order valence-electron chi connectivity index (χ0n) is 24.2. The van der Waals surface area contributed by atoms with Gasteiger partial charge in [0, 0.05) is 41.9 Å². The van der Waals surface area contributed by atoms with Crippen molar-refractivity contribution in [2.75, 3.05) is 46.2 Å². The second-order valence-corrected chi connectivity index (χ2v) is 12.5. The van der Waals surface area contributed by atoms with E-state index in [1.165, 1.54) is 25.1 Å². The SMILES string of the molecule is CCC(=O)O[C@@H]1[C@H]2C(=C(O)[C@]3(O)C(=O)C(C(N)=O)=C(O)[C@H](N(C)C)[C@@H]13)C(=O)c1c(O)cccc1[C@H]2CSCCN(C)C. The Morgan fingerprint density at radius 1 is 1.12 bits per heavy atom. The number of likely N-dealkylation sites (N-methyl/N-ethyl adjacent to an activating group) is 1. The number of ether oxygens (including phenoxy) is 1. The minimum atomic E-state index is -2.96. The first-order chi connectivity index (χ1) is 19.7. The van der Waals surface area contributed by atoms with Crippen LogP contribution in [0.1, 0.15) is 35.2 Å². The van der Waals surface area contributed by atoms with E-state index in [1.807, 2.05) is 19.0 Å². The first kappa shape index (κ1) is 31.5. The fraction of sp³-hybridized carbons (Fsp3) is 0.517. The van der Waals surface area contributed by atoms with Crippen LogP contribution in [0.5, 0.6) is 5.75 Å². The second-order valence-electron chi connectivity index (χ2n) is 11.3. The molecule has 228 valence electrons. The highest BCUT2D eigenvalue weighted by atomic mass is 32.2.